The lowest BCUT2D eigenvalue weighted by Crippen LogP contribution is -2.47. The number of aromatic nitrogens is 2. The normalized spacial score (nSPS) is 14.2. The third kappa shape index (κ3) is 4.37. The summed E-state index contributed by atoms with van der Waals surface area (Å²) in [5.41, 5.74) is 3.28. The van der Waals surface area contributed by atoms with Gasteiger partial charge in [-0.2, -0.15) is 4.98 Å². The molecule has 28 heavy (non-hydrogen) atoms. The molecule has 3 aromatic rings. The quantitative estimate of drug-likeness (QED) is 0.697. The third-order valence-corrected chi connectivity index (χ3v) is 5.31. The molecule has 0 atom stereocenters. The van der Waals surface area contributed by atoms with Crippen molar-refractivity contribution in [3.8, 4) is 0 Å². The van der Waals surface area contributed by atoms with Crippen molar-refractivity contribution in [2.75, 3.05) is 41.3 Å². The first-order valence-corrected chi connectivity index (χ1v) is 9.95. The molecule has 4 rings (SSSR count). The lowest BCUT2D eigenvalue weighted by molar-refractivity contribution is 0.639. The SMILES string of the molecule is Cc1cc(NCc2ccccc2Cl)nc(N2CCN(c3ccccc3)CC2)n1. The Labute approximate surface area is 171 Å². The first-order valence-electron chi connectivity index (χ1n) is 9.57. The Kier molecular flexibility index (Phi) is 5.63. The molecule has 1 N–H and O–H groups in total. The molecule has 0 saturated carbocycles. The van der Waals surface area contributed by atoms with E-state index >= 15 is 0 Å². The summed E-state index contributed by atoms with van der Waals surface area (Å²) in [6.45, 7) is 6.38. The van der Waals surface area contributed by atoms with Crippen LogP contribution in [0.5, 0.6) is 0 Å². The maximum absolute atomic E-state index is 6.25. The number of hydrogen-bond donors (Lipinski definition) is 1. The van der Waals surface area contributed by atoms with Crippen LogP contribution in [0.25, 0.3) is 0 Å². The summed E-state index contributed by atoms with van der Waals surface area (Å²) in [6, 6.07) is 20.4. The fraction of sp³-hybridized carbons (Fsp3) is 0.273. The Balaban J connectivity index is 1.42. The van der Waals surface area contributed by atoms with Gasteiger partial charge in [-0.3, -0.25) is 0 Å². The number of hydrogen-bond acceptors (Lipinski definition) is 5. The summed E-state index contributed by atoms with van der Waals surface area (Å²) in [4.78, 5) is 14.1. The van der Waals surface area contributed by atoms with Crippen molar-refractivity contribution < 1.29 is 0 Å². The Bertz CT molecular complexity index is 923. The van der Waals surface area contributed by atoms with Crippen LogP contribution in [0.3, 0.4) is 0 Å². The van der Waals surface area contributed by atoms with Crippen LogP contribution in [0.1, 0.15) is 11.3 Å². The smallest absolute Gasteiger partial charge is 0.227 e. The zero-order chi connectivity index (χ0) is 19.3. The number of rotatable bonds is 5. The van der Waals surface area contributed by atoms with Crippen LogP contribution in [0.15, 0.2) is 60.7 Å². The largest absolute Gasteiger partial charge is 0.368 e. The first-order chi connectivity index (χ1) is 13.7. The topological polar surface area (TPSA) is 44.3 Å². The summed E-state index contributed by atoms with van der Waals surface area (Å²) in [5, 5.41) is 4.15. The van der Waals surface area contributed by atoms with Crippen LogP contribution in [-0.4, -0.2) is 36.1 Å². The number of nitrogens with one attached hydrogen (secondary N) is 1. The molecule has 2 heterocycles. The third-order valence-electron chi connectivity index (χ3n) is 4.94. The predicted octanol–water partition coefficient (Wildman–Crippen LogP) is 4.38. The van der Waals surface area contributed by atoms with Crippen LogP contribution >= 0.6 is 11.6 Å². The van der Waals surface area contributed by atoms with E-state index < -0.39 is 0 Å². The van der Waals surface area contributed by atoms with Crippen molar-refractivity contribution in [3.63, 3.8) is 0 Å². The van der Waals surface area contributed by atoms with E-state index in [1.165, 1.54) is 5.69 Å². The summed E-state index contributed by atoms with van der Waals surface area (Å²) < 4.78 is 0. The van der Waals surface area contributed by atoms with Gasteiger partial charge in [-0.05, 0) is 30.7 Å². The summed E-state index contributed by atoms with van der Waals surface area (Å²) in [7, 11) is 0. The average molecular weight is 394 g/mol. The van der Waals surface area contributed by atoms with Gasteiger partial charge in [0.15, 0.2) is 0 Å². The standard InChI is InChI=1S/C22H24ClN5/c1-17-15-21(24-16-18-7-5-6-10-20(18)23)26-22(25-17)28-13-11-27(12-14-28)19-8-3-2-4-9-19/h2-10,15H,11-14,16H2,1H3,(H,24,25,26). The number of piperazine rings is 1. The van der Waals surface area contributed by atoms with E-state index in [1.54, 1.807) is 0 Å². The van der Waals surface area contributed by atoms with Crippen molar-refractivity contribution in [3.05, 3.63) is 76.9 Å². The highest BCUT2D eigenvalue weighted by Gasteiger charge is 2.20. The molecule has 1 fully saturated rings. The molecule has 1 aromatic heterocycles. The molecule has 144 valence electrons. The Hall–Kier alpha value is -2.79. The summed E-state index contributed by atoms with van der Waals surface area (Å²) in [5.74, 6) is 1.61. The molecular weight excluding hydrogens is 370 g/mol. The van der Waals surface area contributed by atoms with E-state index in [0.717, 1.165) is 54.2 Å². The molecule has 1 saturated heterocycles. The number of benzene rings is 2. The first kappa shape index (κ1) is 18.6. The minimum Gasteiger partial charge on any atom is -0.368 e. The van der Waals surface area contributed by atoms with E-state index in [-0.39, 0.29) is 0 Å². The molecule has 0 radical (unpaired) electrons. The molecule has 2 aromatic carbocycles. The number of nitrogens with zero attached hydrogens (tertiary/aromatic N) is 4. The number of anilines is 3. The van der Waals surface area contributed by atoms with Gasteiger partial charge >= 0.3 is 0 Å². The fourth-order valence-electron chi connectivity index (χ4n) is 3.42. The minimum absolute atomic E-state index is 0.636. The maximum Gasteiger partial charge on any atom is 0.227 e. The van der Waals surface area contributed by atoms with Crippen molar-refractivity contribution in [1.29, 1.82) is 0 Å². The van der Waals surface area contributed by atoms with Gasteiger partial charge < -0.3 is 15.1 Å². The molecule has 6 heteroatoms. The number of halogens is 1. The second kappa shape index (κ2) is 8.48. The average Bonchev–Trinajstić information content (AvgIpc) is 2.74. The Morgan fingerprint density at radius 1 is 0.893 bits per heavy atom. The zero-order valence-electron chi connectivity index (χ0n) is 16.0. The van der Waals surface area contributed by atoms with Crippen LogP contribution < -0.4 is 15.1 Å². The molecule has 0 amide bonds. The Morgan fingerprint density at radius 2 is 1.57 bits per heavy atom. The van der Waals surface area contributed by atoms with E-state index in [0.29, 0.717) is 6.54 Å². The molecule has 0 bridgehead atoms. The van der Waals surface area contributed by atoms with Crippen LogP contribution in [-0.2, 0) is 6.54 Å². The van der Waals surface area contributed by atoms with Crippen LogP contribution in [0, 0.1) is 6.92 Å². The molecule has 0 spiro atoms. The van der Waals surface area contributed by atoms with Gasteiger partial charge in [0, 0.05) is 55.2 Å². The monoisotopic (exact) mass is 393 g/mol. The zero-order valence-corrected chi connectivity index (χ0v) is 16.7. The van der Waals surface area contributed by atoms with Gasteiger partial charge in [0.25, 0.3) is 0 Å². The molecular formula is C22H24ClN5. The van der Waals surface area contributed by atoms with Crippen molar-refractivity contribution in [2.24, 2.45) is 0 Å². The van der Waals surface area contributed by atoms with Crippen molar-refractivity contribution in [2.45, 2.75) is 13.5 Å². The van der Waals surface area contributed by atoms with Gasteiger partial charge in [0.1, 0.15) is 5.82 Å². The molecule has 1 aliphatic rings. The second-order valence-electron chi connectivity index (χ2n) is 6.95. The van der Waals surface area contributed by atoms with Gasteiger partial charge in [0.05, 0.1) is 0 Å². The second-order valence-corrected chi connectivity index (χ2v) is 7.36. The van der Waals surface area contributed by atoms with Crippen LogP contribution in [0.4, 0.5) is 17.5 Å². The molecule has 0 unspecified atom stereocenters. The molecule has 5 nitrogen and oxygen atoms in total. The van der Waals surface area contributed by atoms with Crippen molar-refractivity contribution in [1.82, 2.24) is 9.97 Å². The van der Waals surface area contributed by atoms with Crippen molar-refractivity contribution >= 4 is 29.1 Å². The highest BCUT2D eigenvalue weighted by molar-refractivity contribution is 6.31. The lowest BCUT2D eigenvalue weighted by atomic mass is 10.2. The van der Waals surface area contributed by atoms with Gasteiger partial charge in [0.2, 0.25) is 5.95 Å². The number of aryl methyl sites for hydroxylation is 1. The van der Waals surface area contributed by atoms with E-state index in [1.807, 2.05) is 37.3 Å². The molecule has 1 aliphatic heterocycles. The van der Waals surface area contributed by atoms with Gasteiger partial charge in [-0.25, -0.2) is 4.98 Å². The lowest BCUT2D eigenvalue weighted by Gasteiger charge is -2.36. The number of para-hydroxylation sites is 1. The van der Waals surface area contributed by atoms with E-state index in [4.69, 9.17) is 16.6 Å². The maximum atomic E-state index is 6.25. The predicted molar refractivity (Wildman–Crippen MR) is 116 cm³/mol. The summed E-state index contributed by atoms with van der Waals surface area (Å²) in [6.07, 6.45) is 0. The van der Waals surface area contributed by atoms with E-state index in [9.17, 15) is 0 Å². The highest BCUT2D eigenvalue weighted by atomic mass is 35.5. The van der Waals surface area contributed by atoms with Gasteiger partial charge in [-0.15, -0.1) is 0 Å². The minimum atomic E-state index is 0.636. The fourth-order valence-corrected chi connectivity index (χ4v) is 3.62. The molecule has 0 aliphatic carbocycles. The van der Waals surface area contributed by atoms with Crippen LogP contribution in [0.2, 0.25) is 5.02 Å². The Morgan fingerprint density at radius 3 is 2.32 bits per heavy atom. The van der Waals surface area contributed by atoms with E-state index in [2.05, 4.69) is 50.4 Å². The summed E-state index contributed by atoms with van der Waals surface area (Å²) >= 11 is 6.25. The van der Waals surface area contributed by atoms with Gasteiger partial charge in [-0.1, -0.05) is 48.0 Å². The highest BCUT2D eigenvalue weighted by Crippen LogP contribution is 2.21.